The summed E-state index contributed by atoms with van der Waals surface area (Å²) in [6.07, 6.45) is 1.21. The van der Waals surface area contributed by atoms with Crippen LogP contribution in [0.25, 0.3) is 0 Å². The van der Waals surface area contributed by atoms with Crippen LogP contribution in [0.4, 0.5) is 0 Å². The maximum absolute atomic E-state index is 11.8. The van der Waals surface area contributed by atoms with Gasteiger partial charge in [0, 0.05) is 32.6 Å². The van der Waals surface area contributed by atoms with Crippen LogP contribution in [0.2, 0.25) is 10.0 Å². The molecule has 0 atom stereocenters. The van der Waals surface area contributed by atoms with E-state index in [4.69, 9.17) is 28.9 Å². The Balaban J connectivity index is 1.90. The van der Waals surface area contributed by atoms with Gasteiger partial charge in [0.2, 0.25) is 0 Å². The van der Waals surface area contributed by atoms with Crippen LogP contribution in [-0.2, 0) is 12.8 Å². The molecule has 0 aliphatic carbocycles. The largest absolute Gasteiger partial charge is 0.387 e. The summed E-state index contributed by atoms with van der Waals surface area (Å²) < 4.78 is 0. The molecule has 0 fully saturated rings. The summed E-state index contributed by atoms with van der Waals surface area (Å²) >= 11 is 13.6. The van der Waals surface area contributed by atoms with Crippen molar-refractivity contribution in [3.05, 3.63) is 55.2 Å². The Hall–Kier alpha value is -1.36. The Kier molecular flexibility index (Phi) is 3.54. The Bertz CT molecular complexity index is 737. The number of hydrogen-bond acceptors (Lipinski definition) is 3. The van der Waals surface area contributed by atoms with E-state index in [2.05, 4.69) is 4.99 Å². The second kappa shape index (κ2) is 5.20. The molecule has 1 aromatic heterocycles. The normalized spacial score (nSPS) is 14.1. The van der Waals surface area contributed by atoms with E-state index in [1.54, 1.807) is 17.4 Å². The summed E-state index contributed by atoms with van der Waals surface area (Å²) in [5, 5.41) is 1.24. The van der Waals surface area contributed by atoms with Gasteiger partial charge in [-0.1, -0.05) is 29.3 Å². The first-order chi connectivity index (χ1) is 9.52. The first-order valence-electron chi connectivity index (χ1n) is 5.96. The third kappa shape index (κ3) is 2.59. The van der Waals surface area contributed by atoms with Crippen LogP contribution < -0.4 is 5.73 Å². The fourth-order valence-corrected chi connectivity index (χ4v) is 3.80. The zero-order valence-corrected chi connectivity index (χ0v) is 12.6. The lowest BCUT2D eigenvalue weighted by atomic mass is 10.1. The molecular formula is C14H10Cl2N2OS. The average molecular weight is 325 g/mol. The van der Waals surface area contributed by atoms with E-state index in [0.29, 0.717) is 34.3 Å². The Morgan fingerprint density at radius 1 is 1.30 bits per heavy atom. The molecule has 102 valence electrons. The van der Waals surface area contributed by atoms with Gasteiger partial charge in [0.1, 0.15) is 5.84 Å². The number of rotatable bonds is 2. The summed E-state index contributed by atoms with van der Waals surface area (Å²) in [4.78, 5) is 17.6. The van der Waals surface area contributed by atoms with Crippen LogP contribution in [0.15, 0.2) is 29.3 Å². The third-order valence-corrected chi connectivity index (χ3v) is 4.78. The lowest BCUT2D eigenvalue weighted by Gasteiger charge is -2.05. The van der Waals surface area contributed by atoms with Crippen molar-refractivity contribution >= 4 is 46.3 Å². The van der Waals surface area contributed by atoms with Crippen molar-refractivity contribution in [2.24, 2.45) is 10.7 Å². The Morgan fingerprint density at radius 3 is 2.85 bits per heavy atom. The van der Waals surface area contributed by atoms with E-state index in [1.165, 1.54) is 0 Å². The lowest BCUT2D eigenvalue weighted by molar-refractivity contribution is 0.100. The Morgan fingerprint density at radius 2 is 2.10 bits per heavy atom. The molecular weight excluding hydrogens is 315 g/mol. The number of aliphatic imine (C=N–C) groups is 1. The smallest absolute Gasteiger partial charge is 0.279 e. The summed E-state index contributed by atoms with van der Waals surface area (Å²) in [5.41, 5.74) is 7.28. The summed E-state index contributed by atoms with van der Waals surface area (Å²) in [6, 6.07) is 7.31. The molecule has 0 spiro atoms. The minimum Gasteiger partial charge on any atom is -0.387 e. The van der Waals surface area contributed by atoms with Gasteiger partial charge in [-0.2, -0.15) is 4.99 Å². The fourth-order valence-electron chi connectivity index (χ4n) is 2.13. The zero-order chi connectivity index (χ0) is 14.3. The van der Waals surface area contributed by atoms with Crippen molar-refractivity contribution in [2.75, 3.05) is 0 Å². The van der Waals surface area contributed by atoms with Gasteiger partial charge >= 0.3 is 0 Å². The van der Waals surface area contributed by atoms with E-state index in [1.807, 2.05) is 18.2 Å². The molecule has 1 aromatic carbocycles. The van der Waals surface area contributed by atoms with Gasteiger partial charge in [-0.15, -0.1) is 11.3 Å². The molecule has 2 N–H and O–H groups in total. The second-order valence-corrected chi connectivity index (χ2v) is 6.61. The monoisotopic (exact) mass is 324 g/mol. The van der Waals surface area contributed by atoms with Crippen LogP contribution in [0.3, 0.4) is 0 Å². The van der Waals surface area contributed by atoms with Gasteiger partial charge in [-0.05, 0) is 23.8 Å². The van der Waals surface area contributed by atoms with E-state index < -0.39 is 0 Å². The summed E-state index contributed by atoms with van der Waals surface area (Å²) in [7, 11) is 0. The van der Waals surface area contributed by atoms with Crippen molar-refractivity contribution in [2.45, 2.75) is 12.8 Å². The van der Waals surface area contributed by atoms with E-state index in [0.717, 1.165) is 15.3 Å². The second-order valence-electron chi connectivity index (χ2n) is 4.55. The molecule has 0 saturated carbocycles. The molecule has 0 unspecified atom stereocenters. The molecule has 20 heavy (non-hydrogen) atoms. The maximum atomic E-state index is 11.8. The van der Waals surface area contributed by atoms with Gasteiger partial charge in [-0.3, -0.25) is 4.79 Å². The number of nitrogens with two attached hydrogens (primary N) is 1. The van der Waals surface area contributed by atoms with Gasteiger partial charge in [0.15, 0.2) is 0 Å². The van der Waals surface area contributed by atoms with Gasteiger partial charge in [-0.25, -0.2) is 0 Å². The van der Waals surface area contributed by atoms with E-state index in [-0.39, 0.29) is 5.91 Å². The van der Waals surface area contributed by atoms with Crippen LogP contribution in [-0.4, -0.2) is 11.7 Å². The predicted molar refractivity (Wildman–Crippen MR) is 83.2 cm³/mol. The van der Waals surface area contributed by atoms with Gasteiger partial charge < -0.3 is 5.73 Å². The highest BCUT2D eigenvalue weighted by Crippen LogP contribution is 2.30. The number of carbonyl (C=O) groups excluding carboxylic acids is 1. The molecule has 6 heteroatoms. The van der Waals surface area contributed by atoms with Crippen molar-refractivity contribution in [3.63, 3.8) is 0 Å². The maximum Gasteiger partial charge on any atom is 0.279 e. The third-order valence-electron chi connectivity index (χ3n) is 3.06. The van der Waals surface area contributed by atoms with E-state index in [9.17, 15) is 4.79 Å². The van der Waals surface area contributed by atoms with Gasteiger partial charge in [0.25, 0.3) is 5.91 Å². The molecule has 1 amide bonds. The molecule has 2 heterocycles. The van der Waals surface area contributed by atoms with Crippen molar-refractivity contribution < 1.29 is 4.79 Å². The van der Waals surface area contributed by atoms with Crippen molar-refractivity contribution in [1.29, 1.82) is 0 Å². The fraction of sp³-hybridized carbons (Fsp3) is 0.143. The molecule has 3 rings (SSSR count). The highest BCUT2D eigenvalue weighted by molar-refractivity contribution is 7.12. The summed E-state index contributed by atoms with van der Waals surface area (Å²) in [6.45, 7) is 0. The van der Waals surface area contributed by atoms with Crippen LogP contribution in [0, 0.1) is 0 Å². The van der Waals surface area contributed by atoms with Gasteiger partial charge in [0.05, 0.1) is 5.56 Å². The SMILES string of the molecule is NC1=NC(=O)c2cc(Cc3ccc(Cl)cc3Cl)sc2C1. The average Bonchev–Trinajstić information content (AvgIpc) is 2.75. The number of nitrogens with zero attached hydrogens (tertiary/aromatic N) is 1. The zero-order valence-electron chi connectivity index (χ0n) is 10.3. The first-order valence-corrected chi connectivity index (χ1v) is 7.53. The van der Waals surface area contributed by atoms with Crippen LogP contribution >= 0.6 is 34.5 Å². The lowest BCUT2D eigenvalue weighted by Crippen LogP contribution is -2.21. The molecule has 1 aliphatic heterocycles. The molecule has 1 aliphatic rings. The molecule has 0 saturated heterocycles. The summed E-state index contributed by atoms with van der Waals surface area (Å²) in [5.74, 6) is 0.119. The number of benzene rings is 1. The number of carbonyl (C=O) groups is 1. The van der Waals surface area contributed by atoms with Crippen molar-refractivity contribution in [1.82, 2.24) is 0 Å². The Labute approximate surface area is 130 Å². The molecule has 3 nitrogen and oxygen atoms in total. The number of amidine groups is 1. The molecule has 2 aromatic rings. The number of hydrogen-bond donors (Lipinski definition) is 1. The number of fused-ring (bicyclic) bond motifs is 1. The predicted octanol–water partition coefficient (Wildman–Crippen LogP) is 3.70. The van der Waals surface area contributed by atoms with Crippen molar-refractivity contribution in [3.8, 4) is 0 Å². The number of halogens is 2. The topological polar surface area (TPSA) is 55.4 Å². The highest BCUT2D eigenvalue weighted by Gasteiger charge is 2.21. The molecule has 0 radical (unpaired) electrons. The number of thiophene rings is 1. The quantitative estimate of drug-likeness (QED) is 0.915. The number of amides is 1. The minimum atomic E-state index is -0.256. The van der Waals surface area contributed by atoms with E-state index >= 15 is 0 Å². The molecule has 0 bridgehead atoms. The highest BCUT2D eigenvalue weighted by atomic mass is 35.5. The van der Waals surface area contributed by atoms with Crippen LogP contribution in [0.1, 0.15) is 25.7 Å². The standard InChI is InChI=1S/C14H10Cl2N2OS/c15-8-2-1-7(11(16)4-8)3-9-5-10-12(20-9)6-13(17)18-14(10)19/h1-2,4-5H,3,6H2,(H2,17,18,19). The van der Waals surface area contributed by atoms with Crippen LogP contribution in [0.5, 0.6) is 0 Å². The minimum absolute atomic E-state index is 0.256. The first kappa shape index (κ1) is 13.6.